The summed E-state index contributed by atoms with van der Waals surface area (Å²) in [6.45, 7) is 5.22. The predicted octanol–water partition coefficient (Wildman–Crippen LogP) is 2.19. The topological polar surface area (TPSA) is 85.8 Å². The molecule has 0 aliphatic carbocycles. The Kier molecular flexibility index (Phi) is 9.39. The highest BCUT2D eigenvalue weighted by atomic mass is 127. The number of amides is 2. The van der Waals surface area contributed by atoms with E-state index in [9.17, 15) is 9.59 Å². The van der Waals surface area contributed by atoms with E-state index >= 15 is 0 Å². The van der Waals surface area contributed by atoms with Crippen LogP contribution < -0.4 is 16.0 Å². The van der Waals surface area contributed by atoms with Gasteiger partial charge in [0.25, 0.3) is 5.91 Å². The average Bonchev–Trinajstić information content (AvgIpc) is 3.23. The van der Waals surface area contributed by atoms with Crippen molar-refractivity contribution in [1.29, 1.82) is 0 Å². The molecule has 1 fully saturated rings. The van der Waals surface area contributed by atoms with E-state index < -0.39 is 0 Å². The van der Waals surface area contributed by atoms with Crippen LogP contribution in [0.5, 0.6) is 0 Å². The van der Waals surface area contributed by atoms with E-state index in [-0.39, 0.29) is 42.3 Å². The molecule has 0 bridgehead atoms. The molecule has 0 unspecified atom stereocenters. The van der Waals surface area contributed by atoms with Gasteiger partial charge in [0.2, 0.25) is 5.91 Å². The zero-order valence-corrected chi connectivity index (χ0v) is 19.5. The number of benzene rings is 1. The monoisotopic (exact) mass is 527 g/mol. The smallest absolute Gasteiger partial charge is 0.254 e. The number of halogens is 1. The van der Waals surface area contributed by atoms with E-state index in [0.717, 1.165) is 18.1 Å². The van der Waals surface area contributed by atoms with Gasteiger partial charge in [0.1, 0.15) is 0 Å². The first-order valence-electron chi connectivity index (χ1n) is 9.34. The first kappa shape index (κ1) is 23.1. The van der Waals surface area contributed by atoms with E-state index in [1.54, 1.807) is 28.4 Å². The van der Waals surface area contributed by atoms with Crippen molar-refractivity contribution in [1.82, 2.24) is 20.9 Å². The summed E-state index contributed by atoms with van der Waals surface area (Å²) >= 11 is 1.67. The third kappa shape index (κ3) is 7.00. The van der Waals surface area contributed by atoms with Crippen LogP contribution in [0, 0.1) is 0 Å². The molecule has 0 saturated carbocycles. The molecule has 2 amide bonds. The van der Waals surface area contributed by atoms with Crippen molar-refractivity contribution in [3.8, 4) is 0 Å². The van der Waals surface area contributed by atoms with Crippen LogP contribution in [0.25, 0.3) is 0 Å². The summed E-state index contributed by atoms with van der Waals surface area (Å²) in [5.74, 6) is 0.534. The van der Waals surface area contributed by atoms with Gasteiger partial charge in [0.05, 0.1) is 13.1 Å². The summed E-state index contributed by atoms with van der Waals surface area (Å²) in [5, 5.41) is 13.4. The molecule has 0 atom stereocenters. The Labute approximate surface area is 192 Å². The molecule has 2 heterocycles. The van der Waals surface area contributed by atoms with Gasteiger partial charge < -0.3 is 20.9 Å². The molecular weight excluding hydrogens is 501 g/mol. The maximum absolute atomic E-state index is 12.5. The lowest BCUT2D eigenvalue weighted by molar-refractivity contribution is -0.123. The minimum absolute atomic E-state index is 0. The number of hydrogen-bond donors (Lipinski definition) is 3. The summed E-state index contributed by atoms with van der Waals surface area (Å²) in [6, 6.07) is 9.53. The quantitative estimate of drug-likeness (QED) is 0.306. The third-order valence-electron chi connectivity index (χ3n) is 4.33. The number of guanidine groups is 1. The second kappa shape index (κ2) is 11.8. The SMILES string of the molecule is CCNC(=NCc1ccsc1)NCc1ccc(C(=O)N2CCNC(=O)C2)cc1.I. The van der Waals surface area contributed by atoms with Crippen LogP contribution in [0.15, 0.2) is 46.1 Å². The fraction of sp³-hybridized carbons (Fsp3) is 0.350. The van der Waals surface area contributed by atoms with Gasteiger partial charge in [-0.05, 0) is 47.0 Å². The van der Waals surface area contributed by atoms with Crippen molar-refractivity contribution in [2.24, 2.45) is 4.99 Å². The third-order valence-corrected chi connectivity index (χ3v) is 5.06. The minimum atomic E-state index is -0.113. The van der Waals surface area contributed by atoms with E-state index in [1.807, 2.05) is 24.4 Å². The second-order valence-corrected chi connectivity index (χ2v) is 7.23. The van der Waals surface area contributed by atoms with Gasteiger partial charge in [-0.15, -0.1) is 24.0 Å². The van der Waals surface area contributed by atoms with Crippen molar-refractivity contribution in [2.45, 2.75) is 20.0 Å². The Balaban J connectivity index is 0.00000300. The van der Waals surface area contributed by atoms with Crippen molar-refractivity contribution in [3.63, 3.8) is 0 Å². The molecule has 29 heavy (non-hydrogen) atoms. The highest BCUT2D eigenvalue weighted by molar-refractivity contribution is 14.0. The number of hydrogen-bond acceptors (Lipinski definition) is 4. The maximum Gasteiger partial charge on any atom is 0.254 e. The Morgan fingerprint density at radius 2 is 2.00 bits per heavy atom. The van der Waals surface area contributed by atoms with Gasteiger partial charge in [-0.1, -0.05) is 12.1 Å². The first-order valence-corrected chi connectivity index (χ1v) is 10.3. The lowest BCUT2D eigenvalue weighted by Crippen LogP contribution is -2.49. The van der Waals surface area contributed by atoms with Crippen LogP contribution in [0.3, 0.4) is 0 Å². The van der Waals surface area contributed by atoms with Crippen molar-refractivity contribution in [3.05, 3.63) is 57.8 Å². The van der Waals surface area contributed by atoms with Crippen molar-refractivity contribution >= 4 is 53.1 Å². The summed E-state index contributed by atoms with van der Waals surface area (Å²) in [7, 11) is 0. The van der Waals surface area contributed by atoms with Crippen LogP contribution in [-0.4, -0.2) is 48.9 Å². The van der Waals surface area contributed by atoms with Crippen LogP contribution in [-0.2, 0) is 17.9 Å². The number of carbonyl (C=O) groups excluding carboxylic acids is 2. The number of carbonyl (C=O) groups is 2. The van der Waals surface area contributed by atoms with E-state index in [2.05, 4.69) is 32.4 Å². The van der Waals surface area contributed by atoms with Gasteiger partial charge in [-0.25, -0.2) is 4.99 Å². The Hall–Kier alpha value is -2.14. The number of aliphatic imine (C=N–C) groups is 1. The summed E-state index contributed by atoms with van der Waals surface area (Å²) in [4.78, 5) is 30.1. The van der Waals surface area contributed by atoms with Crippen molar-refractivity contribution < 1.29 is 9.59 Å². The van der Waals surface area contributed by atoms with E-state index in [1.165, 1.54) is 5.56 Å². The highest BCUT2D eigenvalue weighted by Gasteiger charge is 2.22. The zero-order valence-electron chi connectivity index (χ0n) is 16.3. The molecule has 1 aromatic carbocycles. The summed E-state index contributed by atoms with van der Waals surface area (Å²) in [6.07, 6.45) is 0. The summed E-state index contributed by atoms with van der Waals surface area (Å²) < 4.78 is 0. The van der Waals surface area contributed by atoms with Gasteiger partial charge in [0.15, 0.2) is 5.96 Å². The predicted molar refractivity (Wildman–Crippen MR) is 127 cm³/mol. The van der Waals surface area contributed by atoms with E-state index in [4.69, 9.17) is 0 Å². The average molecular weight is 527 g/mol. The molecule has 0 radical (unpaired) electrons. The number of piperazine rings is 1. The fourth-order valence-corrected chi connectivity index (χ4v) is 3.50. The standard InChI is InChI=1S/C20H25N5O2S.HI/c1-2-21-20(24-12-16-7-10-28-14-16)23-11-15-3-5-17(6-4-15)19(27)25-9-8-22-18(26)13-25;/h3-7,10,14H,2,8-9,11-13H2,1H3,(H,22,26)(H2,21,23,24);1H. The highest BCUT2D eigenvalue weighted by Crippen LogP contribution is 2.09. The normalized spacial score (nSPS) is 14.0. The molecule has 1 aliphatic heterocycles. The van der Waals surface area contributed by atoms with Crippen LogP contribution >= 0.6 is 35.3 Å². The van der Waals surface area contributed by atoms with E-state index in [0.29, 0.717) is 31.7 Å². The van der Waals surface area contributed by atoms with Crippen LogP contribution in [0.4, 0.5) is 0 Å². The molecular formula is C20H26IN5O2S. The van der Waals surface area contributed by atoms with Gasteiger partial charge in [0, 0.05) is 31.7 Å². The molecule has 9 heteroatoms. The maximum atomic E-state index is 12.5. The Morgan fingerprint density at radius 3 is 2.66 bits per heavy atom. The number of nitrogens with one attached hydrogen (secondary N) is 3. The molecule has 1 saturated heterocycles. The van der Waals surface area contributed by atoms with Gasteiger partial charge in [-0.2, -0.15) is 11.3 Å². The second-order valence-electron chi connectivity index (χ2n) is 6.45. The largest absolute Gasteiger partial charge is 0.357 e. The zero-order chi connectivity index (χ0) is 19.8. The Morgan fingerprint density at radius 1 is 1.21 bits per heavy atom. The lowest BCUT2D eigenvalue weighted by atomic mass is 10.1. The molecule has 1 aliphatic rings. The molecule has 156 valence electrons. The van der Waals surface area contributed by atoms with Crippen molar-refractivity contribution in [2.75, 3.05) is 26.2 Å². The molecule has 0 spiro atoms. The number of rotatable bonds is 6. The molecule has 7 nitrogen and oxygen atoms in total. The minimum Gasteiger partial charge on any atom is -0.357 e. The molecule has 1 aromatic heterocycles. The van der Waals surface area contributed by atoms with Crippen LogP contribution in [0.1, 0.15) is 28.4 Å². The Bertz CT molecular complexity index is 824. The molecule has 3 rings (SSSR count). The number of nitrogens with zero attached hydrogens (tertiary/aromatic N) is 2. The first-order chi connectivity index (χ1) is 13.7. The molecule has 3 N–H and O–H groups in total. The van der Waals surface area contributed by atoms with Crippen LogP contribution in [0.2, 0.25) is 0 Å². The fourth-order valence-electron chi connectivity index (χ4n) is 2.84. The molecule has 2 aromatic rings. The summed E-state index contributed by atoms with van der Waals surface area (Å²) in [5.41, 5.74) is 2.84. The van der Waals surface area contributed by atoms with Gasteiger partial charge >= 0.3 is 0 Å². The lowest BCUT2D eigenvalue weighted by Gasteiger charge is -2.26. The number of thiophene rings is 1. The van der Waals surface area contributed by atoms with Gasteiger partial charge in [-0.3, -0.25) is 9.59 Å².